The summed E-state index contributed by atoms with van der Waals surface area (Å²) < 4.78 is 41.5. The van der Waals surface area contributed by atoms with Gasteiger partial charge in [-0.3, -0.25) is 14.4 Å². The third kappa shape index (κ3) is 3.77. The highest BCUT2D eigenvalue weighted by molar-refractivity contribution is 7.92. The van der Waals surface area contributed by atoms with Crippen molar-refractivity contribution in [3.63, 3.8) is 0 Å². The number of rotatable bonds is 8. The first-order valence-electron chi connectivity index (χ1n) is 9.86. The van der Waals surface area contributed by atoms with E-state index in [9.17, 15) is 13.2 Å². The van der Waals surface area contributed by atoms with Crippen molar-refractivity contribution in [3.05, 3.63) is 41.8 Å². The second kappa shape index (κ2) is 7.71. The number of anilines is 2. The van der Waals surface area contributed by atoms with E-state index in [1.165, 1.54) is 6.07 Å². The Morgan fingerprint density at radius 3 is 2.73 bits per heavy atom. The van der Waals surface area contributed by atoms with E-state index in [1.807, 2.05) is 6.07 Å². The number of benzene rings is 1. The van der Waals surface area contributed by atoms with Crippen LogP contribution in [0.25, 0.3) is 22.2 Å². The lowest BCUT2D eigenvalue weighted by Gasteiger charge is -2.18. The highest BCUT2D eigenvalue weighted by Crippen LogP contribution is 2.37. The van der Waals surface area contributed by atoms with Gasteiger partial charge in [-0.05, 0) is 61.1 Å². The molecule has 0 saturated heterocycles. The van der Waals surface area contributed by atoms with E-state index in [1.54, 1.807) is 37.1 Å². The number of aromatic nitrogens is 2. The fourth-order valence-electron chi connectivity index (χ4n) is 3.60. The fourth-order valence-corrected chi connectivity index (χ4v) is 4.73. The van der Waals surface area contributed by atoms with E-state index in [2.05, 4.69) is 14.7 Å². The Kier molecular flexibility index (Phi) is 5.23. The number of amides is 1. The number of hydrogen-bond donors (Lipinski definition) is 2. The van der Waals surface area contributed by atoms with Crippen LogP contribution in [0.2, 0.25) is 0 Å². The lowest BCUT2D eigenvalue weighted by Crippen LogP contribution is -2.24. The van der Waals surface area contributed by atoms with Crippen molar-refractivity contribution >= 4 is 39.0 Å². The Bertz CT molecular complexity index is 1220. The van der Waals surface area contributed by atoms with E-state index < -0.39 is 15.8 Å². The quantitative estimate of drug-likeness (QED) is 0.529. The van der Waals surface area contributed by atoms with Gasteiger partial charge in [0.05, 0.1) is 11.4 Å². The number of halogens is 1. The smallest absolute Gasteiger partial charge is 0.232 e. The molecule has 0 unspecified atom stereocenters. The fraction of sp³-hybridized carbons (Fsp3) is 0.333. The maximum Gasteiger partial charge on any atom is 0.232 e. The van der Waals surface area contributed by atoms with E-state index in [0.29, 0.717) is 29.0 Å². The highest BCUT2D eigenvalue weighted by atomic mass is 32.2. The molecule has 7 nitrogen and oxygen atoms in total. The molecule has 0 spiro atoms. The van der Waals surface area contributed by atoms with Gasteiger partial charge in [0.1, 0.15) is 11.5 Å². The molecule has 30 heavy (non-hydrogen) atoms. The van der Waals surface area contributed by atoms with Gasteiger partial charge in [0.25, 0.3) is 0 Å². The second-order valence-corrected chi connectivity index (χ2v) is 9.37. The van der Waals surface area contributed by atoms with Crippen LogP contribution in [0.1, 0.15) is 31.7 Å². The lowest BCUT2D eigenvalue weighted by molar-refractivity contribution is -0.107. The summed E-state index contributed by atoms with van der Waals surface area (Å²) in [5, 5.41) is 0.794. The molecule has 0 aliphatic heterocycles. The summed E-state index contributed by atoms with van der Waals surface area (Å²) in [6, 6.07) is 6.89. The van der Waals surface area contributed by atoms with E-state index in [4.69, 9.17) is 0 Å². The zero-order valence-electron chi connectivity index (χ0n) is 16.8. The molecule has 2 heterocycles. The van der Waals surface area contributed by atoms with Crippen LogP contribution in [-0.2, 0) is 14.8 Å². The van der Waals surface area contributed by atoms with Crippen LogP contribution in [0.3, 0.4) is 0 Å². The molecule has 158 valence electrons. The topological polar surface area (TPSA) is 95.2 Å². The molecule has 2 N–H and O–H groups in total. The zero-order valence-corrected chi connectivity index (χ0v) is 17.6. The monoisotopic (exact) mass is 430 g/mol. The molecule has 0 radical (unpaired) electrons. The SMILES string of the molecule is CCCS(=O)(=O)Nc1ccc(-c2cc(N(C=O)C3CC3)nc3[nH]ccc23)c(C)c1F. The number of carbonyl (C=O) groups excluding carboxylic acids is 1. The largest absolute Gasteiger partial charge is 0.346 e. The number of H-pyrrole nitrogens is 1. The normalized spacial score (nSPS) is 14.1. The highest BCUT2D eigenvalue weighted by Gasteiger charge is 2.30. The molecule has 0 atom stereocenters. The second-order valence-electron chi connectivity index (χ2n) is 7.53. The van der Waals surface area contributed by atoms with Crippen LogP contribution in [-0.4, -0.2) is 36.6 Å². The Balaban J connectivity index is 1.81. The summed E-state index contributed by atoms with van der Waals surface area (Å²) in [5.74, 6) is -0.193. The molecule has 1 fully saturated rings. The van der Waals surface area contributed by atoms with Crippen molar-refractivity contribution in [3.8, 4) is 11.1 Å². The van der Waals surface area contributed by atoms with Crippen molar-refractivity contribution in [2.45, 2.75) is 39.2 Å². The summed E-state index contributed by atoms with van der Waals surface area (Å²) in [7, 11) is -3.60. The summed E-state index contributed by atoms with van der Waals surface area (Å²) >= 11 is 0. The summed E-state index contributed by atoms with van der Waals surface area (Å²) in [6.45, 7) is 3.36. The van der Waals surface area contributed by atoms with Gasteiger partial charge in [-0.25, -0.2) is 17.8 Å². The summed E-state index contributed by atoms with van der Waals surface area (Å²) in [4.78, 5) is 20.8. The van der Waals surface area contributed by atoms with Crippen molar-refractivity contribution in [1.82, 2.24) is 9.97 Å². The maximum absolute atomic E-state index is 15.1. The van der Waals surface area contributed by atoms with E-state index >= 15 is 4.39 Å². The molecular formula is C21H23FN4O3S. The molecule has 3 aromatic rings. The van der Waals surface area contributed by atoms with Crippen molar-refractivity contribution in [2.75, 3.05) is 15.4 Å². The van der Waals surface area contributed by atoms with E-state index in [0.717, 1.165) is 30.2 Å². The third-order valence-electron chi connectivity index (χ3n) is 5.25. The van der Waals surface area contributed by atoms with Gasteiger partial charge in [-0.2, -0.15) is 0 Å². The standard InChI is InChI=1S/C21H23FN4O3S/c1-3-10-30(28,29)25-18-7-6-15(13(2)20(18)22)17-11-19(26(12-27)14-4-5-14)24-21-16(17)8-9-23-21/h6-9,11-12,14,25H,3-5,10H2,1-2H3,(H,23,24). The van der Waals surface area contributed by atoms with E-state index in [-0.39, 0.29) is 17.5 Å². The Morgan fingerprint density at radius 2 is 2.07 bits per heavy atom. The molecule has 1 amide bonds. The van der Waals surface area contributed by atoms with Gasteiger partial charge in [-0.1, -0.05) is 13.0 Å². The average molecular weight is 431 g/mol. The van der Waals surface area contributed by atoms with Gasteiger partial charge < -0.3 is 4.98 Å². The number of fused-ring (bicyclic) bond motifs is 1. The van der Waals surface area contributed by atoms with Crippen molar-refractivity contribution in [2.24, 2.45) is 0 Å². The molecule has 1 aliphatic rings. The minimum absolute atomic E-state index is 0.0724. The van der Waals surface area contributed by atoms with Crippen LogP contribution in [0, 0.1) is 12.7 Å². The number of hydrogen-bond acceptors (Lipinski definition) is 4. The number of sulfonamides is 1. The maximum atomic E-state index is 15.1. The lowest BCUT2D eigenvalue weighted by atomic mass is 9.97. The van der Waals surface area contributed by atoms with Gasteiger partial charge in [-0.15, -0.1) is 0 Å². The van der Waals surface area contributed by atoms with Gasteiger partial charge >= 0.3 is 0 Å². The zero-order chi connectivity index (χ0) is 21.5. The van der Waals surface area contributed by atoms with Crippen LogP contribution in [0.5, 0.6) is 0 Å². The molecule has 1 aromatic carbocycles. The first-order chi connectivity index (χ1) is 14.3. The average Bonchev–Trinajstić information content (AvgIpc) is 3.41. The number of nitrogens with zero attached hydrogens (tertiary/aromatic N) is 2. The van der Waals surface area contributed by atoms with Crippen molar-refractivity contribution in [1.29, 1.82) is 0 Å². The first-order valence-corrected chi connectivity index (χ1v) is 11.5. The molecule has 1 aliphatic carbocycles. The number of nitrogens with one attached hydrogen (secondary N) is 2. The third-order valence-corrected chi connectivity index (χ3v) is 6.72. The van der Waals surface area contributed by atoms with Crippen LogP contribution >= 0.6 is 0 Å². The van der Waals surface area contributed by atoms with Gasteiger partial charge in [0, 0.05) is 17.6 Å². The Labute approximate surface area is 174 Å². The number of pyridine rings is 1. The van der Waals surface area contributed by atoms with Gasteiger partial charge in [0.2, 0.25) is 16.4 Å². The number of aromatic amines is 1. The van der Waals surface area contributed by atoms with Gasteiger partial charge in [0.15, 0.2) is 5.82 Å². The Morgan fingerprint density at radius 1 is 1.30 bits per heavy atom. The van der Waals surface area contributed by atoms with Crippen LogP contribution < -0.4 is 9.62 Å². The Hall–Kier alpha value is -2.94. The minimum atomic E-state index is -3.60. The molecule has 1 saturated carbocycles. The molecule has 4 rings (SSSR count). The minimum Gasteiger partial charge on any atom is -0.346 e. The number of carbonyl (C=O) groups is 1. The molecule has 0 bridgehead atoms. The summed E-state index contributed by atoms with van der Waals surface area (Å²) in [5.41, 5.74) is 2.18. The predicted octanol–water partition coefficient (Wildman–Crippen LogP) is 3.95. The molecular weight excluding hydrogens is 407 g/mol. The predicted molar refractivity (Wildman–Crippen MR) is 115 cm³/mol. The molecule has 9 heteroatoms. The molecule has 2 aromatic heterocycles. The van der Waals surface area contributed by atoms with Crippen molar-refractivity contribution < 1.29 is 17.6 Å². The van der Waals surface area contributed by atoms with Crippen LogP contribution in [0.15, 0.2) is 30.5 Å². The van der Waals surface area contributed by atoms with Crippen LogP contribution in [0.4, 0.5) is 15.9 Å². The first kappa shape index (κ1) is 20.3. The summed E-state index contributed by atoms with van der Waals surface area (Å²) in [6.07, 6.45) is 4.81.